The number of carbonyl (C=O) groups is 4. The average molecular weight is 532 g/mol. The van der Waals surface area contributed by atoms with E-state index in [-0.39, 0.29) is 29.7 Å². The van der Waals surface area contributed by atoms with E-state index in [4.69, 9.17) is 19.7 Å². The molecule has 5 rings (SSSR count). The molecule has 0 radical (unpaired) electrons. The average Bonchev–Trinajstić information content (AvgIpc) is 3.19. The Bertz CT molecular complexity index is 1240. The molecule has 1 spiro atoms. The van der Waals surface area contributed by atoms with Gasteiger partial charge in [0.25, 0.3) is 0 Å². The van der Waals surface area contributed by atoms with Gasteiger partial charge in [-0.3, -0.25) is 14.4 Å². The number of carboxylic acids is 2. The first-order valence-electron chi connectivity index (χ1n) is 12.5. The van der Waals surface area contributed by atoms with Crippen LogP contribution in [0.4, 0.5) is 0 Å². The van der Waals surface area contributed by atoms with Crippen LogP contribution in [0.3, 0.4) is 0 Å². The number of hydrogen-bond donors (Lipinski definition) is 4. The molecule has 204 valence electrons. The third kappa shape index (κ3) is 3.90. The van der Waals surface area contributed by atoms with Crippen molar-refractivity contribution in [2.24, 2.45) is 0 Å². The van der Waals surface area contributed by atoms with E-state index >= 15 is 0 Å². The van der Waals surface area contributed by atoms with Gasteiger partial charge < -0.3 is 39.5 Å². The second kappa shape index (κ2) is 9.28. The summed E-state index contributed by atoms with van der Waals surface area (Å²) >= 11 is 0. The van der Waals surface area contributed by atoms with E-state index < -0.39 is 66.4 Å². The van der Waals surface area contributed by atoms with Gasteiger partial charge in [0.1, 0.15) is 5.76 Å². The maximum atomic E-state index is 12.7. The molecule has 0 saturated carbocycles. The number of benzene rings is 1. The van der Waals surface area contributed by atoms with Crippen LogP contribution < -0.4 is 4.74 Å². The zero-order valence-electron chi connectivity index (χ0n) is 20.7. The molecule has 38 heavy (non-hydrogen) atoms. The molecule has 2 bridgehead atoms. The number of carboxylic acid groups (broad SMARTS) is 2. The Morgan fingerprint density at radius 3 is 2.63 bits per heavy atom. The van der Waals surface area contributed by atoms with E-state index in [1.54, 1.807) is 12.1 Å². The highest BCUT2D eigenvalue weighted by Crippen LogP contribution is 2.64. The number of ether oxygens (including phenoxy) is 3. The first-order valence-corrected chi connectivity index (χ1v) is 12.5. The number of phenolic OH excluding ortho intramolecular Hbond substituents is 1. The van der Waals surface area contributed by atoms with Crippen LogP contribution in [-0.4, -0.2) is 86.6 Å². The maximum Gasteiger partial charge on any atom is 0.345 e. The second-order valence-corrected chi connectivity index (χ2v) is 10.3. The monoisotopic (exact) mass is 531 g/mol. The summed E-state index contributed by atoms with van der Waals surface area (Å²) in [4.78, 5) is 48.8. The summed E-state index contributed by atoms with van der Waals surface area (Å²) in [6.45, 7) is 0.757. The molecular weight excluding hydrogens is 502 g/mol. The number of esters is 2. The molecule has 4 N–H and O–H groups in total. The molecule has 12 heteroatoms. The van der Waals surface area contributed by atoms with Crippen LogP contribution in [0.15, 0.2) is 24.0 Å². The Balaban J connectivity index is 1.36. The van der Waals surface area contributed by atoms with Crippen LogP contribution in [0, 0.1) is 0 Å². The smallest absolute Gasteiger partial charge is 0.345 e. The van der Waals surface area contributed by atoms with E-state index in [1.807, 2.05) is 13.1 Å². The molecule has 2 aliphatic heterocycles. The number of likely N-dealkylation sites (N-methyl/N-ethyl adjacent to an activating group) is 1. The third-order valence-electron chi connectivity index (χ3n) is 8.25. The summed E-state index contributed by atoms with van der Waals surface area (Å²) in [5.41, 5.74) is -0.461. The molecule has 0 amide bonds. The van der Waals surface area contributed by atoms with E-state index in [9.17, 15) is 29.4 Å². The van der Waals surface area contributed by atoms with E-state index in [0.29, 0.717) is 12.8 Å². The highest BCUT2D eigenvalue weighted by atomic mass is 16.6. The minimum absolute atomic E-state index is 0.0614. The minimum atomic E-state index is -1.87. The highest BCUT2D eigenvalue weighted by Gasteiger charge is 2.71. The van der Waals surface area contributed by atoms with Crippen LogP contribution in [0.2, 0.25) is 0 Å². The van der Waals surface area contributed by atoms with Crippen molar-refractivity contribution in [3.05, 3.63) is 35.1 Å². The number of aromatic hydroxyl groups is 1. The first-order chi connectivity index (χ1) is 18.0. The molecule has 5 atom stereocenters. The maximum absolute atomic E-state index is 12.7. The number of phenols is 1. The van der Waals surface area contributed by atoms with Gasteiger partial charge in [0.15, 0.2) is 17.6 Å². The predicted octanol–water partition coefficient (Wildman–Crippen LogP) is 0.855. The van der Waals surface area contributed by atoms with E-state index in [0.717, 1.165) is 24.1 Å². The van der Waals surface area contributed by atoms with Gasteiger partial charge in [-0.2, -0.15) is 0 Å². The van der Waals surface area contributed by atoms with Crippen LogP contribution in [-0.2, 0) is 40.5 Å². The van der Waals surface area contributed by atoms with Gasteiger partial charge in [-0.1, -0.05) is 6.07 Å². The lowest BCUT2D eigenvalue weighted by Crippen LogP contribution is -2.69. The topological polar surface area (TPSA) is 180 Å². The van der Waals surface area contributed by atoms with Gasteiger partial charge in [0, 0.05) is 18.0 Å². The zero-order chi connectivity index (χ0) is 27.4. The predicted molar refractivity (Wildman–Crippen MR) is 126 cm³/mol. The number of rotatable bonds is 8. The first kappa shape index (κ1) is 26.0. The lowest BCUT2D eigenvalue weighted by atomic mass is 9.52. The van der Waals surface area contributed by atoms with Crippen molar-refractivity contribution in [1.82, 2.24) is 4.90 Å². The molecule has 4 aliphatic rings. The summed E-state index contributed by atoms with van der Waals surface area (Å²) in [5.74, 6) is -4.52. The van der Waals surface area contributed by atoms with Crippen molar-refractivity contribution in [3.63, 3.8) is 0 Å². The molecule has 1 aromatic rings. The zero-order valence-corrected chi connectivity index (χ0v) is 20.7. The Morgan fingerprint density at radius 2 is 1.92 bits per heavy atom. The van der Waals surface area contributed by atoms with Gasteiger partial charge in [-0.15, -0.1) is 0 Å². The highest BCUT2D eigenvalue weighted by molar-refractivity contribution is 5.84. The normalized spacial score (nSPS) is 29.7. The van der Waals surface area contributed by atoms with E-state index in [1.165, 1.54) is 0 Å². The van der Waals surface area contributed by atoms with Crippen LogP contribution >= 0.6 is 0 Å². The van der Waals surface area contributed by atoms with Crippen molar-refractivity contribution in [1.29, 1.82) is 0 Å². The molecular formula is C26H29NO11. The summed E-state index contributed by atoms with van der Waals surface area (Å²) in [6.07, 6.45) is -0.941. The van der Waals surface area contributed by atoms with Crippen LogP contribution in [0.1, 0.15) is 49.7 Å². The molecule has 0 unspecified atom stereocenters. The van der Waals surface area contributed by atoms with Crippen molar-refractivity contribution in [3.8, 4) is 11.5 Å². The standard InChI is InChI=1S/C26H29NO11/c1-27-10-2-8-25-21-13-3-4-14(28)22(21)38-23(25)15(7-9-26(25,35)17(27)11-13)36-19(31)5-6-20(32)37-16(24(33)34)12-18(29)30/h3-4,7,16-17,23,28,35H,2,5-6,8-12H2,1H3,(H,29,30)(H,33,34)/t16-,17-,23+,25+,26-/m1/s1. The van der Waals surface area contributed by atoms with Gasteiger partial charge in [-0.25, -0.2) is 4.79 Å². The van der Waals surface area contributed by atoms with Crippen LogP contribution in [0.5, 0.6) is 11.5 Å². The lowest BCUT2D eigenvalue weighted by Gasteiger charge is -2.56. The summed E-state index contributed by atoms with van der Waals surface area (Å²) in [6, 6.07) is 3.20. The fourth-order valence-corrected chi connectivity index (χ4v) is 6.63. The fraction of sp³-hybridized carbons (Fsp3) is 0.538. The summed E-state index contributed by atoms with van der Waals surface area (Å²) in [5, 5.41) is 40.6. The number of hydrogen-bond acceptors (Lipinski definition) is 10. The van der Waals surface area contributed by atoms with Gasteiger partial charge in [0.2, 0.25) is 6.10 Å². The van der Waals surface area contributed by atoms with Gasteiger partial charge >= 0.3 is 23.9 Å². The summed E-state index contributed by atoms with van der Waals surface area (Å²) < 4.78 is 16.5. The molecule has 2 heterocycles. The Kier molecular flexibility index (Phi) is 6.35. The second-order valence-electron chi connectivity index (χ2n) is 10.3. The van der Waals surface area contributed by atoms with Crippen molar-refractivity contribution in [2.45, 2.75) is 74.2 Å². The number of aliphatic carboxylic acids is 2. The number of carbonyl (C=O) groups excluding carboxylic acids is 2. The lowest BCUT2D eigenvalue weighted by molar-refractivity contribution is -0.168. The SMILES string of the molecule is CN1CCC[C@]23c4c5ccc(O)c4O[C@H]2C(OC(=O)CCC(=O)O[C@H](CC(=O)O)C(=O)O)=CC[C@@]3(O)[C@H]1C5. The molecule has 1 fully saturated rings. The van der Waals surface area contributed by atoms with Crippen molar-refractivity contribution >= 4 is 23.9 Å². The van der Waals surface area contributed by atoms with Crippen molar-refractivity contribution in [2.75, 3.05) is 13.6 Å². The number of likely N-dealkylation sites (tertiary alicyclic amines) is 1. The van der Waals surface area contributed by atoms with Crippen molar-refractivity contribution < 1.29 is 53.8 Å². The summed E-state index contributed by atoms with van der Waals surface area (Å²) in [7, 11) is 1.97. The largest absolute Gasteiger partial charge is 0.504 e. The molecule has 12 nitrogen and oxygen atoms in total. The third-order valence-corrected chi connectivity index (χ3v) is 8.25. The van der Waals surface area contributed by atoms with Gasteiger partial charge in [-0.05, 0) is 50.6 Å². The fourth-order valence-electron chi connectivity index (χ4n) is 6.63. The molecule has 1 saturated heterocycles. The minimum Gasteiger partial charge on any atom is -0.504 e. The number of aliphatic hydroxyl groups is 1. The Labute approximate surface area is 217 Å². The Morgan fingerprint density at radius 1 is 1.18 bits per heavy atom. The molecule has 0 aromatic heterocycles. The van der Waals surface area contributed by atoms with Gasteiger partial charge in [0.05, 0.1) is 30.3 Å². The van der Waals surface area contributed by atoms with Crippen LogP contribution in [0.25, 0.3) is 0 Å². The van der Waals surface area contributed by atoms with E-state index in [2.05, 4.69) is 9.64 Å². The molecule has 1 aromatic carbocycles. The molecule has 2 aliphatic carbocycles. The Hall–Kier alpha value is -3.64. The quantitative estimate of drug-likeness (QED) is 0.348. The number of nitrogens with zero attached hydrogens (tertiary/aromatic N) is 1.